The van der Waals surface area contributed by atoms with Gasteiger partial charge in [-0.2, -0.15) is 0 Å². The van der Waals surface area contributed by atoms with Gasteiger partial charge in [0, 0.05) is 22.0 Å². The predicted octanol–water partition coefficient (Wildman–Crippen LogP) is 7.66. The van der Waals surface area contributed by atoms with E-state index in [-0.39, 0.29) is 5.91 Å². The Labute approximate surface area is 236 Å². The summed E-state index contributed by atoms with van der Waals surface area (Å²) in [6.45, 7) is 2.45. The number of hydrogen-bond donors (Lipinski definition) is 1. The van der Waals surface area contributed by atoms with Crippen LogP contribution >= 0.6 is 22.9 Å². The van der Waals surface area contributed by atoms with Gasteiger partial charge in [-0.15, -0.1) is 11.3 Å². The average Bonchev–Trinajstić information content (AvgIpc) is 3.38. The molecule has 1 aromatic heterocycles. The highest BCUT2D eigenvalue weighted by Crippen LogP contribution is 2.36. The summed E-state index contributed by atoms with van der Waals surface area (Å²) >= 11 is 7.22. The Kier molecular flexibility index (Phi) is 9.41. The summed E-state index contributed by atoms with van der Waals surface area (Å²) < 4.78 is 16.4. The van der Waals surface area contributed by atoms with Crippen LogP contribution in [-0.4, -0.2) is 26.1 Å². The minimum absolute atomic E-state index is 0.331. The van der Waals surface area contributed by atoms with Crippen molar-refractivity contribution < 1.29 is 23.8 Å². The van der Waals surface area contributed by atoms with Crippen LogP contribution in [0.1, 0.15) is 34.0 Å². The van der Waals surface area contributed by atoms with E-state index in [0.29, 0.717) is 39.3 Å². The van der Waals surface area contributed by atoms with Crippen molar-refractivity contribution in [1.29, 1.82) is 0 Å². The summed E-state index contributed by atoms with van der Waals surface area (Å²) in [5, 5.41) is 5.76. The molecule has 0 unspecified atom stereocenters. The third-order valence-corrected chi connectivity index (χ3v) is 7.16. The summed E-state index contributed by atoms with van der Waals surface area (Å²) in [7, 11) is 2.88. The third kappa shape index (κ3) is 7.07. The van der Waals surface area contributed by atoms with E-state index < -0.39 is 5.97 Å². The maximum absolute atomic E-state index is 12.8. The number of benzene rings is 3. The number of esters is 1. The highest BCUT2D eigenvalue weighted by atomic mass is 35.5. The Bertz CT molecular complexity index is 1480. The number of carbonyl (C=O) groups is 2. The van der Waals surface area contributed by atoms with Crippen LogP contribution in [0.3, 0.4) is 0 Å². The summed E-state index contributed by atoms with van der Waals surface area (Å²) in [6, 6.07) is 20.8. The second-order valence-electron chi connectivity index (χ2n) is 8.54. The second-order valence-corrected chi connectivity index (χ2v) is 9.86. The largest absolute Gasteiger partial charge is 0.493 e. The fourth-order valence-corrected chi connectivity index (χ4v) is 4.95. The first-order valence-electron chi connectivity index (χ1n) is 12.2. The minimum Gasteiger partial charge on any atom is -0.493 e. The van der Waals surface area contributed by atoms with Crippen molar-refractivity contribution >= 4 is 45.9 Å². The number of hydrogen-bond acceptors (Lipinski definition) is 6. The molecule has 0 atom stereocenters. The zero-order valence-corrected chi connectivity index (χ0v) is 23.4. The first kappa shape index (κ1) is 28.0. The summed E-state index contributed by atoms with van der Waals surface area (Å²) in [5.74, 6) is 0.229. The minimum atomic E-state index is -0.510. The zero-order chi connectivity index (χ0) is 27.8. The van der Waals surface area contributed by atoms with Crippen LogP contribution in [0.25, 0.3) is 17.2 Å². The zero-order valence-electron chi connectivity index (χ0n) is 21.8. The summed E-state index contributed by atoms with van der Waals surface area (Å²) in [4.78, 5) is 25.4. The van der Waals surface area contributed by atoms with E-state index in [1.54, 1.807) is 25.3 Å². The monoisotopic (exact) mass is 561 g/mol. The van der Waals surface area contributed by atoms with Crippen LogP contribution in [0.5, 0.6) is 11.5 Å². The molecule has 0 bridgehead atoms. The van der Waals surface area contributed by atoms with E-state index in [0.717, 1.165) is 23.1 Å². The van der Waals surface area contributed by atoms with Gasteiger partial charge in [0.2, 0.25) is 5.91 Å². The van der Waals surface area contributed by atoms with Crippen molar-refractivity contribution in [2.45, 2.75) is 20.0 Å². The number of anilines is 1. The molecule has 39 heavy (non-hydrogen) atoms. The van der Waals surface area contributed by atoms with Gasteiger partial charge in [0.15, 0.2) is 11.5 Å². The van der Waals surface area contributed by atoms with Crippen molar-refractivity contribution in [3.8, 4) is 22.6 Å². The first-order valence-corrected chi connectivity index (χ1v) is 13.5. The predicted molar refractivity (Wildman–Crippen MR) is 157 cm³/mol. The molecule has 1 N–H and O–H groups in total. The Hall–Kier alpha value is -4.07. The fraction of sp³-hybridized carbons (Fsp3) is 0.161. The Morgan fingerprint density at radius 1 is 0.949 bits per heavy atom. The number of methoxy groups -OCH3 is 2. The number of thiophene rings is 1. The number of rotatable bonds is 10. The van der Waals surface area contributed by atoms with Gasteiger partial charge in [0.1, 0.15) is 17.2 Å². The molecule has 6 nitrogen and oxygen atoms in total. The van der Waals surface area contributed by atoms with E-state index in [2.05, 4.69) is 12.2 Å². The average molecular weight is 562 g/mol. The molecule has 200 valence electrons. The van der Waals surface area contributed by atoms with Crippen molar-refractivity contribution in [2.75, 3.05) is 19.5 Å². The molecule has 0 spiro atoms. The van der Waals surface area contributed by atoms with Gasteiger partial charge >= 0.3 is 5.97 Å². The van der Waals surface area contributed by atoms with Crippen molar-refractivity contribution in [1.82, 2.24) is 0 Å². The normalized spacial score (nSPS) is 10.9. The molecular formula is C31H28ClNO5S. The number of ether oxygens (including phenoxy) is 3. The lowest BCUT2D eigenvalue weighted by Crippen LogP contribution is -2.11. The van der Waals surface area contributed by atoms with Crippen LogP contribution < -0.4 is 14.8 Å². The molecule has 4 rings (SSSR count). The van der Waals surface area contributed by atoms with Gasteiger partial charge in [-0.25, -0.2) is 4.79 Å². The molecule has 0 aliphatic heterocycles. The molecule has 4 aromatic rings. The van der Waals surface area contributed by atoms with Crippen LogP contribution in [0, 0.1) is 0 Å². The Balaban J connectivity index is 1.46. The quantitative estimate of drug-likeness (QED) is 0.159. The van der Waals surface area contributed by atoms with E-state index in [4.69, 9.17) is 25.8 Å². The smallest absolute Gasteiger partial charge is 0.341 e. The molecular weight excluding hydrogens is 534 g/mol. The maximum Gasteiger partial charge on any atom is 0.341 e. The SMILES string of the molecule is CCc1ccc(-c2csc(NC(=O)/C=C/c3ccc(OCc4ccc(Cl)cc4)c(OC)c3)c2C(=O)OC)cc1. The number of nitrogens with one attached hydrogen (secondary N) is 1. The van der Waals surface area contributed by atoms with E-state index in [1.807, 2.05) is 60.0 Å². The van der Waals surface area contributed by atoms with Crippen LogP contribution in [0.15, 0.2) is 78.2 Å². The molecule has 0 radical (unpaired) electrons. The highest BCUT2D eigenvalue weighted by molar-refractivity contribution is 7.15. The molecule has 3 aromatic carbocycles. The van der Waals surface area contributed by atoms with Gasteiger partial charge in [-0.05, 0) is 59.0 Å². The molecule has 0 aliphatic carbocycles. The number of halogens is 1. The number of aryl methyl sites for hydroxylation is 1. The second kappa shape index (κ2) is 13.1. The lowest BCUT2D eigenvalue weighted by molar-refractivity contribution is -0.111. The van der Waals surface area contributed by atoms with Crippen LogP contribution in [0.4, 0.5) is 5.00 Å². The van der Waals surface area contributed by atoms with Gasteiger partial charge in [0.05, 0.1) is 14.2 Å². The lowest BCUT2D eigenvalue weighted by Gasteiger charge is -2.11. The van der Waals surface area contributed by atoms with Gasteiger partial charge in [-0.1, -0.05) is 61.0 Å². The van der Waals surface area contributed by atoms with Gasteiger partial charge in [-0.3, -0.25) is 4.79 Å². The fourth-order valence-electron chi connectivity index (χ4n) is 3.86. The van der Waals surface area contributed by atoms with Crippen molar-refractivity contribution in [2.24, 2.45) is 0 Å². The van der Waals surface area contributed by atoms with Crippen LogP contribution in [0.2, 0.25) is 5.02 Å². The first-order chi connectivity index (χ1) is 18.9. The molecule has 1 heterocycles. The molecule has 8 heteroatoms. The molecule has 0 aliphatic rings. The summed E-state index contributed by atoms with van der Waals surface area (Å²) in [6.07, 6.45) is 3.99. The number of carbonyl (C=O) groups excluding carboxylic acids is 2. The van der Waals surface area contributed by atoms with Gasteiger partial charge < -0.3 is 19.5 Å². The third-order valence-electron chi connectivity index (χ3n) is 6.01. The number of amides is 1. The Morgan fingerprint density at radius 2 is 1.67 bits per heavy atom. The van der Waals surface area contributed by atoms with E-state index in [1.165, 1.54) is 30.1 Å². The van der Waals surface area contributed by atoms with E-state index in [9.17, 15) is 9.59 Å². The molecule has 0 fully saturated rings. The van der Waals surface area contributed by atoms with Crippen molar-refractivity contribution in [3.05, 3.63) is 105 Å². The van der Waals surface area contributed by atoms with E-state index >= 15 is 0 Å². The molecule has 0 saturated carbocycles. The lowest BCUT2D eigenvalue weighted by atomic mass is 10.0. The van der Waals surface area contributed by atoms with Gasteiger partial charge in [0.25, 0.3) is 0 Å². The standard InChI is InChI=1S/C31H28ClNO5S/c1-4-20-5-11-23(12-6-20)25-19-39-30(29(25)31(35)37-3)33-28(34)16-10-21-9-15-26(27(17-21)36-2)38-18-22-7-13-24(32)14-8-22/h5-17,19H,4,18H2,1-3H3,(H,33,34)/b16-10+. The van der Waals surface area contributed by atoms with Crippen LogP contribution in [-0.2, 0) is 22.6 Å². The summed E-state index contributed by atoms with van der Waals surface area (Å²) in [5.41, 5.74) is 4.85. The van der Waals surface area contributed by atoms with Crippen molar-refractivity contribution in [3.63, 3.8) is 0 Å². The topological polar surface area (TPSA) is 73.9 Å². The molecule has 1 amide bonds. The Morgan fingerprint density at radius 3 is 2.33 bits per heavy atom. The molecule has 0 saturated heterocycles. The highest BCUT2D eigenvalue weighted by Gasteiger charge is 2.22. The maximum atomic E-state index is 12.8.